The van der Waals surface area contributed by atoms with Gasteiger partial charge in [-0.25, -0.2) is 0 Å². The number of carbonyl (C=O) groups is 1. The average Bonchev–Trinajstić information content (AvgIpc) is 2.35. The molecule has 0 saturated heterocycles. The van der Waals surface area contributed by atoms with Gasteiger partial charge in [-0.1, -0.05) is 0 Å². The first-order chi connectivity index (χ1) is 5.68. The summed E-state index contributed by atoms with van der Waals surface area (Å²) in [5.74, 6) is -0.205. The minimum absolute atomic E-state index is 0.205. The topological polar surface area (TPSA) is 26.3 Å². The van der Waals surface area contributed by atoms with E-state index in [9.17, 15) is 4.79 Å². The second-order valence-corrected chi connectivity index (χ2v) is 3.97. The van der Waals surface area contributed by atoms with E-state index < -0.39 is 0 Å². The number of hydrogen-bond acceptors (Lipinski definition) is 3. The van der Waals surface area contributed by atoms with Crippen LogP contribution in [0.1, 0.15) is 16.7 Å². The summed E-state index contributed by atoms with van der Waals surface area (Å²) in [6.07, 6.45) is 0.831. The highest BCUT2D eigenvalue weighted by Crippen LogP contribution is 2.15. The monoisotopic (exact) mass is 184 g/mol. The molecule has 1 rings (SSSR count). The molecule has 0 amide bonds. The molecule has 3 heteroatoms. The Morgan fingerprint density at radius 2 is 2.33 bits per heavy atom. The van der Waals surface area contributed by atoms with E-state index in [0.717, 1.165) is 6.42 Å². The normalized spacial score (nSPS) is 9.83. The Morgan fingerprint density at radius 1 is 1.58 bits per heavy atom. The molecule has 0 atom stereocenters. The molecule has 0 N–H and O–H groups in total. The van der Waals surface area contributed by atoms with Crippen LogP contribution in [0.4, 0.5) is 0 Å². The first kappa shape index (κ1) is 9.26. The molecule has 0 fully saturated rings. The van der Waals surface area contributed by atoms with Crippen LogP contribution in [0.25, 0.3) is 0 Å². The number of rotatable bonds is 3. The summed E-state index contributed by atoms with van der Waals surface area (Å²) in [4.78, 5) is 13.0. The molecule has 1 aromatic rings. The maximum atomic E-state index is 10.4. The fourth-order valence-corrected chi connectivity index (χ4v) is 1.79. The van der Waals surface area contributed by atoms with Crippen LogP contribution in [0, 0.1) is 6.92 Å². The van der Waals surface area contributed by atoms with Crippen molar-refractivity contribution in [1.29, 1.82) is 0 Å². The molecule has 0 unspecified atom stereocenters. The molecule has 66 valence electrons. The zero-order chi connectivity index (χ0) is 8.97. The van der Waals surface area contributed by atoms with Crippen LogP contribution >= 0.6 is 11.3 Å². The second-order valence-electron chi connectivity index (χ2n) is 2.60. The number of ether oxygens (including phenoxy) is 1. The number of thiophene rings is 1. The van der Waals surface area contributed by atoms with Gasteiger partial charge >= 0.3 is 5.97 Å². The standard InChI is InChI=1S/C9H12O2S/c1-7-3-4-9(12-7)5-6-11-8(2)10/h3-4H,5-6H2,1-2H3. The van der Waals surface area contributed by atoms with Crippen LogP contribution in [-0.2, 0) is 16.0 Å². The molecule has 0 saturated carbocycles. The van der Waals surface area contributed by atoms with Crippen LogP contribution < -0.4 is 0 Å². The number of aryl methyl sites for hydroxylation is 1. The van der Waals surface area contributed by atoms with E-state index in [1.165, 1.54) is 16.7 Å². The van der Waals surface area contributed by atoms with Gasteiger partial charge in [0.1, 0.15) is 0 Å². The predicted molar refractivity (Wildman–Crippen MR) is 49.4 cm³/mol. The molecule has 0 aromatic carbocycles. The molecule has 0 aliphatic carbocycles. The summed E-state index contributed by atoms with van der Waals surface area (Å²) < 4.78 is 4.82. The minimum Gasteiger partial charge on any atom is -0.465 e. The first-order valence-corrected chi connectivity index (χ1v) is 4.69. The number of esters is 1. The SMILES string of the molecule is CC(=O)OCCc1ccc(C)s1. The first-order valence-electron chi connectivity index (χ1n) is 3.87. The quantitative estimate of drug-likeness (QED) is 0.673. The van der Waals surface area contributed by atoms with E-state index in [4.69, 9.17) is 4.74 Å². The van der Waals surface area contributed by atoms with Gasteiger partial charge in [0.05, 0.1) is 6.61 Å². The third-order valence-corrected chi connectivity index (χ3v) is 2.51. The maximum Gasteiger partial charge on any atom is 0.302 e. The Kier molecular flexibility index (Phi) is 3.29. The van der Waals surface area contributed by atoms with E-state index in [0.29, 0.717) is 6.61 Å². The van der Waals surface area contributed by atoms with Crippen LogP contribution in [0.2, 0.25) is 0 Å². The highest BCUT2D eigenvalue weighted by atomic mass is 32.1. The van der Waals surface area contributed by atoms with Crippen LogP contribution in [0.3, 0.4) is 0 Å². The third-order valence-electron chi connectivity index (χ3n) is 1.45. The van der Waals surface area contributed by atoms with E-state index >= 15 is 0 Å². The number of hydrogen-bond donors (Lipinski definition) is 0. The van der Waals surface area contributed by atoms with Gasteiger partial charge in [-0.3, -0.25) is 4.79 Å². The van der Waals surface area contributed by atoms with Gasteiger partial charge in [0.15, 0.2) is 0 Å². The van der Waals surface area contributed by atoms with E-state index in [-0.39, 0.29) is 5.97 Å². The fourth-order valence-electron chi connectivity index (χ4n) is 0.915. The summed E-state index contributed by atoms with van der Waals surface area (Å²) in [6.45, 7) is 3.99. The van der Waals surface area contributed by atoms with Crippen molar-refractivity contribution in [3.05, 3.63) is 21.9 Å². The zero-order valence-electron chi connectivity index (χ0n) is 7.29. The molecule has 1 aromatic heterocycles. The molecule has 0 aliphatic heterocycles. The average molecular weight is 184 g/mol. The molecule has 0 bridgehead atoms. The highest BCUT2D eigenvalue weighted by Gasteiger charge is 1.97. The largest absolute Gasteiger partial charge is 0.465 e. The van der Waals surface area contributed by atoms with Crippen LogP contribution in [-0.4, -0.2) is 12.6 Å². The molecular formula is C9H12O2S. The summed E-state index contributed by atoms with van der Waals surface area (Å²) >= 11 is 1.75. The summed E-state index contributed by atoms with van der Waals surface area (Å²) in [5, 5.41) is 0. The number of carbonyl (C=O) groups excluding carboxylic acids is 1. The van der Waals surface area contributed by atoms with Crippen molar-refractivity contribution in [2.24, 2.45) is 0 Å². The van der Waals surface area contributed by atoms with Crippen LogP contribution in [0.5, 0.6) is 0 Å². The Bertz CT molecular complexity index is 265. The Labute approximate surface area is 76.2 Å². The fraction of sp³-hybridized carbons (Fsp3) is 0.444. The van der Waals surface area contributed by atoms with Crippen LogP contribution in [0.15, 0.2) is 12.1 Å². The molecular weight excluding hydrogens is 172 g/mol. The maximum absolute atomic E-state index is 10.4. The van der Waals surface area contributed by atoms with Crippen molar-refractivity contribution < 1.29 is 9.53 Å². The lowest BCUT2D eigenvalue weighted by Crippen LogP contribution is -2.01. The van der Waals surface area contributed by atoms with Gasteiger partial charge in [0.25, 0.3) is 0 Å². The smallest absolute Gasteiger partial charge is 0.302 e. The Balaban J connectivity index is 2.29. The Morgan fingerprint density at radius 3 is 2.83 bits per heavy atom. The summed E-state index contributed by atoms with van der Waals surface area (Å²) in [5.41, 5.74) is 0. The molecule has 0 spiro atoms. The molecule has 12 heavy (non-hydrogen) atoms. The van der Waals surface area contributed by atoms with E-state index in [1.807, 2.05) is 0 Å². The van der Waals surface area contributed by atoms with Gasteiger partial charge in [0.2, 0.25) is 0 Å². The lowest BCUT2D eigenvalue weighted by Gasteiger charge is -1.98. The molecule has 0 aliphatic rings. The van der Waals surface area contributed by atoms with Gasteiger partial charge < -0.3 is 4.74 Å². The van der Waals surface area contributed by atoms with Crippen molar-refractivity contribution in [2.45, 2.75) is 20.3 Å². The van der Waals surface area contributed by atoms with Crippen molar-refractivity contribution in [2.75, 3.05) is 6.61 Å². The third kappa shape index (κ3) is 3.05. The van der Waals surface area contributed by atoms with Crippen molar-refractivity contribution >= 4 is 17.3 Å². The zero-order valence-corrected chi connectivity index (χ0v) is 8.11. The van der Waals surface area contributed by atoms with Crippen molar-refractivity contribution in [1.82, 2.24) is 0 Å². The molecule has 0 radical (unpaired) electrons. The molecule has 1 heterocycles. The summed E-state index contributed by atoms with van der Waals surface area (Å²) in [6, 6.07) is 4.15. The summed E-state index contributed by atoms with van der Waals surface area (Å²) in [7, 11) is 0. The van der Waals surface area contributed by atoms with Gasteiger partial charge in [-0.15, -0.1) is 11.3 Å². The van der Waals surface area contributed by atoms with Gasteiger partial charge in [-0.05, 0) is 19.1 Å². The highest BCUT2D eigenvalue weighted by molar-refractivity contribution is 7.11. The van der Waals surface area contributed by atoms with E-state index in [1.54, 1.807) is 11.3 Å². The predicted octanol–water partition coefficient (Wildman–Crippen LogP) is 2.16. The van der Waals surface area contributed by atoms with Gasteiger partial charge in [0, 0.05) is 23.1 Å². The lowest BCUT2D eigenvalue weighted by molar-refractivity contribution is -0.140. The van der Waals surface area contributed by atoms with Crippen molar-refractivity contribution in [3.8, 4) is 0 Å². The Hall–Kier alpha value is -0.830. The lowest BCUT2D eigenvalue weighted by atomic mass is 10.3. The second kappa shape index (κ2) is 4.26. The molecule has 2 nitrogen and oxygen atoms in total. The minimum atomic E-state index is -0.205. The van der Waals surface area contributed by atoms with Gasteiger partial charge in [-0.2, -0.15) is 0 Å². The van der Waals surface area contributed by atoms with Crippen molar-refractivity contribution in [3.63, 3.8) is 0 Å². The van der Waals surface area contributed by atoms with E-state index in [2.05, 4.69) is 19.1 Å².